The lowest BCUT2D eigenvalue weighted by molar-refractivity contribution is 0.197. The van der Waals surface area contributed by atoms with Crippen LogP contribution in [-0.2, 0) is 9.84 Å². The highest BCUT2D eigenvalue weighted by atomic mass is 127. The molecule has 0 aliphatic rings. The summed E-state index contributed by atoms with van der Waals surface area (Å²) in [6.45, 7) is 0. The third-order valence-corrected chi connectivity index (χ3v) is 6.61. The molecular formula is C9H10ClIO3S. The fourth-order valence-electron chi connectivity index (χ4n) is 1.08. The zero-order valence-corrected chi connectivity index (χ0v) is 11.6. The van der Waals surface area contributed by atoms with Gasteiger partial charge in [-0.15, -0.1) is 0 Å². The summed E-state index contributed by atoms with van der Waals surface area (Å²) in [7, 11) is -3.27. The van der Waals surface area contributed by atoms with Crippen LogP contribution >= 0.6 is 34.2 Å². The largest absolute Gasteiger partial charge is 0.386 e. The first kappa shape index (κ1) is 13.2. The Kier molecular flexibility index (Phi) is 4.39. The van der Waals surface area contributed by atoms with Crippen molar-refractivity contribution in [3.8, 4) is 0 Å². The predicted molar refractivity (Wildman–Crippen MR) is 69.1 cm³/mol. The maximum Gasteiger partial charge on any atom is 0.162 e. The van der Waals surface area contributed by atoms with Gasteiger partial charge < -0.3 is 5.11 Å². The van der Waals surface area contributed by atoms with E-state index in [-0.39, 0.29) is 0 Å². The number of hydrogen-bond acceptors (Lipinski definition) is 3. The minimum absolute atomic E-state index is 0.476. The second-order valence-corrected chi connectivity index (χ2v) is 7.97. The van der Waals surface area contributed by atoms with Crippen LogP contribution in [0.1, 0.15) is 11.7 Å². The molecule has 0 saturated carbocycles. The molecule has 0 saturated heterocycles. The van der Waals surface area contributed by atoms with Gasteiger partial charge in [-0.3, -0.25) is 0 Å². The molecular weight excluding hydrogens is 351 g/mol. The molecule has 0 aliphatic heterocycles. The molecule has 0 aromatic heterocycles. The van der Waals surface area contributed by atoms with E-state index in [9.17, 15) is 13.5 Å². The Bertz CT molecular complexity index is 446. The Morgan fingerprint density at radius 1 is 1.47 bits per heavy atom. The smallest absolute Gasteiger partial charge is 0.162 e. The third-order valence-electron chi connectivity index (χ3n) is 1.85. The van der Waals surface area contributed by atoms with Gasteiger partial charge in [-0.25, -0.2) is 8.42 Å². The number of rotatable bonds is 3. The molecule has 0 amide bonds. The average molecular weight is 361 g/mol. The van der Waals surface area contributed by atoms with Crippen LogP contribution in [0.2, 0.25) is 5.02 Å². The molecule has 0 spiro atoms. The van der Waals surface area contributed by atoms with E-state index < -0.39 is 19.2 Å². The Balaban J connectivity index is 3.00. The molecule has 3 nitrogen and oxygen atoms in total. The number of benzene rings is 1. The van der Waals surface area contributed by atoms with Crippen molar-refractivity contribution >= 4 is 44.0 Å². The fraction of sp³-hybridized carbons (Fsp3) is 0.333. The molecule has 2 atom stereocenters. The van der Waals surface area contributed by atoms with Crippen LogP contribution in [0.3, 0.4) is 0 Å². The molecule has 0 bridgehead atoms. The number of aliphatic hydroxyl groups excluding tert-OH is 1. The standard InChI is InChI=1S/C9H10ClIO3S/c1-15(13,14)9(11)8(12)6-3-2-4-7(10)5-6/h2-5,8-9,12H,1H3/t8-,9-/m0/s1. The minimum atomic E-state index is -3.27. The molecule has 6 heteroatoms. The van der Waals surface area contributed by atoms with Crippen LogP contribution in [-0.4, -0.2) is 23.0 Å². The Labute approximate surface area is 108 Å². The maximum atomic E-state index is 11.2. The van der Waals surface area contributed by atoms with Gasteiger partial charge in [0.2, 0.25) is 0 Å². The fourth-order valence-corrected chi connectivity index (χ4v) is 2.32. The molecule has 1 aromatic carbocycles. The monoisotopic (exact) mass is 360 g/mol. The molecule has 0 heterocycles. The Morgan fingerprint density at radius 3 is 2.53 bits per heavy atom. The third kappa shape index (κ3) is 3.58. The lowest BCUT2D eigenvalue weighted by Gasteiger charge is -2.16. The lowest BCUT2D eigenvalue weighted by Crippen LogP contribution is -2.21. The van der Waals surface area contributed by atoms with E-state index in [0.717, 1.165) is 6.26 Å². The van der Waals surface area contributed by atoms with E-state index in [4.69, 9.17) is 11.6 Å². The summed E-state index contributed by atoms with van der Waals surface area (Å²) in [4.78, 5) is 0. The first-order chi connectivity index (χ1) is 6.82. The van der Waals surface area contributed by atoms with E-state index in [1.54, 1.807) is 46.9 Å². The Hall–Kier alpha value is 0.150. The summed E-state index contributed by atoms with van der Waals surface area (Å²) < 4.78 is 21.6. The summed E-state index contributed by atoms with van der Waals surface area (Å²) >= 11 is 7.45. The maximum absolute atomic E-state index is 11.2. The van der Waals surface area contributed by atoms with Crippen LogP contribution in [0, 0.1) is 0 Å². The average Bonchev–Trinajstić information content (AvgIpc) is 2.14. The van der Waals surface area contributed by atoms with Gasteiger partial charge in [0.25, 0.3) is 0 Å². The summed E-state index contributed by atoms with van der Waals surface area (Å²) in [6.07, 6.45) is 0.0389. The predicted octanol–water partition coefficient (Wildman–Crippen LogP) is 2.18. The first-order valence-electron chi connectivity index (χ1n) is 4.09. The van der Waals surface area contributed by atoms with Crippen LogP contribution in [0.4, 0.5) is 0 Å². The van der Waals surface area contributed by atoms with Gasteiger partial charge in [0.05, 0.1) is 0 Å². The summed E-state index contributed by atoms with van der Waals surface area (Å²) in [5.74, 6) is 0. The molecule has 0 aliphatic carbocycles. The second kappa shape index (κ2) is 4.99. The topological polar surface area (TPSA) is 54.4 Å². The van der Waals surface area contributed by atoms with Gasteiger partial charge in [0, 0.05) is 11.3 Å². The second-order valence-electron chi connectivity index (χ2n) is 3.18. The summed E-state index contributed by atoms with van der Waals surface area (Å²) in [5, 5.41) is 10.3. The number of halogens is 2. The highest BCUT2D eigenvalue weighted by Crippen LogP contribution is 2.27. The molecule has 0 unspecified atom stereocenters. The number of alkyl halides is 1. The van der Waals surface area contributed by atoms with Crippen molar-refractivity contribution in [2.24, 2.45) is 0 Å². The van der Waals surface area contributed by atoms with E-state index in [0.29, 0.717) is 10.6 Å². The molecule has 84 valence electrons. The zero-order valence-electron chi connectivity index (χ0n) is 7.89. The van der Waals surface area contributed by atoms with E-state index >= 15 is 0 Å². The van der Waals surface area contributed by atoms with Gasteiger partial charge >= 0.3 is 0 Å². The van der Waals surface area contributed by atoms with Crippen LogP contribution in [0.15, 0.2) is 24.3 Å². The van der Waals surface area contributed by atoms with Crippen molar-refractivity contribution in [3.63, 3.8) is 0 Å². The van der Waals surface area contributed by atoms with Gasteiger partial charge in [0.1, 0.15) is 9.36 Å². The van der Waals surface area contributed by atoms with Crippen molar-refractivity contribution in [2.45, 2.75) is 9.36 Å². The van der Waals surface area contributed by atoms with Crippen LogP contribution in [0.25, 0.3) is 0 Å². The molecule has 1 N–H and O–H groups in total. The van der Waals surface area contributed by atoms with E-state index in [1.165, 1.54) is 0 Å². The molecule has 1 rings (SSSR count). The first-order valence-corrected chi connectivity index (χ1v) is 7.66. The zero-order chi connectivity index (χ0) is 11.6. The minimum Gasteiger partial charge on any atom is -0.386 e. The Morgan fingerprint density at radius 2 is 2.07 bits per heavy atom. The summed E-state index contributed by atoms with van der Waals surface area (Å²) in [6, 6.07) is 6.55. The molecule has 0 radical (unpaired) electrons. The molecule has 1 aromatic rings. The van der Waals surface area contributed by atoms with Crippen LogP contribution in [0.5, 0.6) is 0 Å². The van der Waals surface area contributed by atoms with Crippen molar-refractivity contribution in [2.75, 3.05) is 6.26 Å². The lowest BCUT2D eigenvalue weighted by atomic mass is 10.1. The summed E-state index contributed by atoms with van der Waals surface area (Å²) in [5.41, 5.74) is 0.507. The normalized spacial score (nSPS) is 16.0. The highest BCUT2D eigenvalue weighted by Gasteiger charge is 2.27. The highest BCUT2D eigenvalue weighted by molar-refractivity contribution is 14.1. The van der Waals surface area contributed by atoms with Crippen molar-refractivity contribution in [1.29, 1.82) is 0 Å². The van der Waals surface area contributed by atoms with E-state index in [1.807, 2.05) is 0 Å². The van der Waals surface area contributed by atoms with Crippen molar-refractivity contribution in [1.82, 2.24) is 0 Å². The molecule has 15 heavy (non-hydrogen) atoms. The quantitative estimate of drug-likeness (QED) is 0.664. The van der Waals surface area contributed by atoms with Gasteiger partial charge in [-0.2, -0.15) is 0 Å². The van der Waals surface area contributed by atoms with Crippen LogP contribution < -0.4 is 0 Å². The van der Waals surface area contributed by atoms with E-state index in [2.05, 4.69) is 0 Å². The van der Waals surface area contributed by atoms with Crippen molar-refractivity contribution in [3.05, 3.63) is 34.9 Å². The van der Waals surface area contributed by atoms with Gasteiger partial charge in [0.15, 0.2) is 9.84 Å². The number of hydrogen-bond donors (Lipinski definition) is 1. The number of sulfone groups is 1. The van der Waals surface area contributed by atoms with Gasteiger partial charge in [-0.1, -0.05) is 46.3 Å². The number of aliphatic hydroxyl groups is 1. The van der Waals surface area contributed by atoms with Crippen molar-refractivity contribution < 1.29 is 13.5 Å². The SMILES string of the molecule is CS(=O)(=O)[C@H](I)[C@@H](O)c1cccc(Cl)c1. The molecule has 0 fully saturated rings. The van der Waals surface area contributed by atoms with Gasteiger partial charge in [-0.05, 0) is 17.7 Å².